The predicted molar refractivity (Wildman–Crippen MR) is 73.7 cm³/mol. The minimum absolute atomic E-state index is 0.224. The Bertz CT molecular complexity index is 336. The number of halogens is 1. The van der Waals surface area contributed by atoms with Gasteiger partial charge < -0.3 is 5.32 Å². The van der Waals surface area contributed by atoms with E-state index in [0.29, 0.717) is 0 Å². The highest BCUT2D eigenvalue weighted by molar-refractivity contribution is 9.10. The molecule has 0 unspecified atom stereocenters. The average Bonchev–Trinajstić information content (AvgIpc) is 2.15. The molecule has 0 spiro atoms. The summed E-state index contributed by atoms with van der Waals surface area (Å²) in [5.41, 5.74) is 0.497. The summed E-state index contributed by atoms with van der Waals surface area (Å²) in [6, 6.07) is 3.99. The molecule has 0 aliphatic heterocycles. The summed E-state index contributed by atoms with van der Waals surface area (Å²) in [5, 5.41) is 3.39. The van der Waals surface area contributed by atoms with Crippen LogP contribution in [0.4, 0.5) is 5.82 Å². The van der Waals surface area contributed by atoms with Crippen molar-refractivity contribution in [3.05, 3.63) is 22.8 Å². The van der Waals surface area contributed by atoms with Crippen molar-refractivity contribution in [2.75, 3.05) is 11.9 Å². The van der Waals surface area contributed by atoms with Crippen molar-refractivity contribution in [3.8, 4) is 0 Å². The maximum absolute atomic E-state index is 4.31. The van der Waals surface area contributed by atoms with Gasteiger partial charge >= 0.3 is 0 Å². The van der Waals surface area contributed by atoms with Crippen LogP contribution in [0, 0.1) is 10.8 Å². The highest BCUT2D eigenvalue weighted by Gasteiger charge is 2.32. The summed E-state index contributed by atoms with van der Waals surface area (Å²) in [6.07, 6.45) is 1.81. The van der Waals surface area contributed by atoms with Gasteiger partial charge in [-0.25, -0.2) is 4.98 Å². The molecule has 1 aromatic heterocycles. The van der Waals surface area contributed by atoms with Gasteiger partial charge in [0.15, 0.2) is 0 Å². The fraction of sp³-hybridized carbons (Fsp3) is 0.615. The number of hydrogen-bond donors (Lipinski definition) is 1. The molecular formula is C13H21BrN2. The van der Waals surface area contributed by atoms with Crippen molar-refractivity contribution in [1.29, 1.82) is 0 Å². The molecule has 0 aliphatic carbocycles. The van der Waals surface area contributed by atoms with Crippen LogP contribution in [-0.4, -0.2) is 11.5 Å². The molecule has 0 saturated carbocycles. The Hall–Kier alpha value is -0.570. The monoisotopic (exact) mass is 284 g/mol. The normalized spacial score (nSPS) is 12.6. The zero-order valence-electron chi connectivity index (χ0n) is 10.8. The Balaban J connectivity index is 2.61. The molecule has 1 heterocycles. The minimum atomic E-state index is 0.224. The van der Waals surface area contributed by atoms with E-state index < -0.39 is 0 Å². The first-order valence-corrected chi connectivity index (χ1v) is 6.37. The first-order chi connectivity index (χ1) is 7.22. The van der Waals surface area contributed by atoms with E-state index in [0.717, 1.165) is 16.8 Å². The topological polar surface area (TPSA) is 24.9 Å². The number of aromatic nitrogens is 1. The molecule has 2 nitrogen and oxygen atoms in total. The second-order valence-corrected chi connectivity index (χ2v) is 6.76. The summed E-state index contributed by atoms with van der Waals surface area (Å²) in [4.78, 5) is 4.31. The zero-order valence-corrected chi connectivity index (χ0v) is 12.4. The van der Waals surface area contributed by atoms with E-state index in [1.807, 2.05) is 18.3 Å². The fourth-order valence-electron chi connectivity index (χ4n) is 1.06. The molecule has 0 aliphatic rings. The van der Waals surface area contributed by atoms with E-state index in [4.69, 9.17) is 0 Å². The molecule has 0 fully saturated rings. The molecule has 3 heteroatoms. The lowest BCUT2D eigenvalue weighted by Crippen LogP contribution is -2.36. The standard InChI is InChI=1S/C13H21BrN2/c1-12(2,3)13(4,5)9-16-11-7-6-10(14)8-15-11/h6-8H,9H2,1-5H3,(H,15,16). The van der Waals surface area contributed by atoms with Crippen molar-refractivity contribution < 1.29 is 0 Å². The Kier molecular flexibility index (Phi) is 4.00. The number of rotatable bonds is 3. The first-order valence-electron chi connectivity index (χ1n) is 5.58. The third kappa shape index (κ3) is 3.48. The van der Waals surface area contributed by atoms with E-state index in [-0.39, 0.29) is 10.8 Å². The SMILES string of the molecule is CC(C)(C)C(C)(C)CNc1ccc(Br)cn1. The molecule has 90 valence electrons. The highest BCUT2D eigenvalue weighted by atomic mass is 79.9. The lowest BCUT2D eigenvalue weighted by atomic mass is 9.69. The van der Waals surface area contributed by atoms with Gasteiger partial charge in [0.2, 0.25) is 0 Å². The molecule has 1 aromatic rings. The van der Waals surface area contributed by atoms with Crippen LogP contribution in [0.1, 0.15) is 34.6 Å². The lowest BCUT2D eigenvalue weighted by Gasteiger charge is -2.39. The number of nitrogens with zero attached hydrogens (tertiary/aromatic N) is 1. The van der Waals surface area contributed by atoms with Crippen LogP contribution in [0.25, 0.3) is 0 Å². The van der Waals surface area contributed by atoms with E-state index in [1.165, 1.54) is 0 Å². The Labute approximate surface area is 107 Å². The predicted octanol–water partition coefficient (Wildman–Crippen LogP) is 4.33. The number of hydrogen-bond acceptors (Lipinski definition) is 2. The van der Waals surface area contributed by atoms with Crippen molar-refractivity contribution >= 4 is 21.7 Å². The largest absolute Gasteiger partial charge is 0.370 e. The van der Waals surface area contributed by atoms with Crippen LogP contribution < -0.4 is 5.32 Å². The smallest absolute Gasteiger partial charge is 0.125 e. The summed E-state index contributed by atoms with van der Waals surface area (Å²) in [5.74, 6) is 0.931. The van der Waals surface area contributed by atoms with Crippen molar-refractivity contribution in [1.82, 2.24) is 4.98 Å². The van der Waals surface area contributed by atoms with E-state index in [1.54, 1.807) is 0 Å². The molecule has 0 bridgehead atoms. The summed E-state index contributed by atoms with van der Waals surface area (Å²) in [6.45, 7) is 12.3. The van der Waals surface area contributed by atoms with Crippen molar-refractivity contribution in [2.45, 2.75) is 34.6 Å². The zero-order chi connectivity index (χ0) is 12.4. The van der Waals surface area contributed by atoms with Crippen LogP contribution in [0.15, 0.2) is 22.8 Å². The van der Waals surface area contributed by atoms with E-state index in [2.05, 4.69) is 60.8 Å². The Morgan fingerprint density at radius 2 is 1.81 bits per heavy atom. The second kappa shape index (κ2) is 4.74. The molecular weight excluding hydrogens is 264 g/mol. The minimum Gasteiger partial charge on any atom is -0.370 e. The quantitative estimate of drug-likeness (QED) is 0.894. The third-order valence-corrected chi connectivity index (χ3v) is 3.94. The first kappa shape index (κ1) is 13.5. The van der Waals surface area contributed by atoms with Gasteiger partial charge in [-0.15, -0.1) is 0 Å². The van der Waals surface area contributed by atoms with Gasteiger partial charge in [0.1, 0.15) is 5.82 Å². The van der Waals surface area contributed by atoms with Gasteiger partial charge in [-0.1, -0.05) is 34.6 Å². The highest BCUT2D eigenvalue weighted by Crippen LogP contribution is 2.37. The van der Waals surface area contributed by atoms with Gasteiger partial charge in [-0.3, -0.25) is 0 Å². The Morgan fingerprint density at radius 3 is 2.25 bits per heavy atom. The van der Waals surface area contributed by atoms with E-state index >= 15 is 0 Å². The summed E-state index contributed by atoms with van der Waals surface area (Å²) >= 11 is 3.38. The van der Waals surface area contributed by atoms with Gasteiger partial charge in [0, 0.05) is 17.2 Å². The van der Waals surface area contributed by atoms with Crippen molar-refractivity contribution in [3.63, 3.8) is 0 Å². The van der Waals surface area contributed by atoms with Gasteiger partial charge in [-0.2, -0.15) is 0 Å². The summed E-state index contributed by atoms with van der Waals surface area (Å²) < 4.78 is 1.01. The summed E-state index contributed by atoms with van der Waals surface area (Å²) in [7, 11) is 0. The number of nitrogens with one attached hydrogen (secondary N) is 1. The number of pyridine rings is 1. The molecule has 0 saturated heterocycles. The molecule has 0 radical (unpaired) electrons. The molecule has 0 aromatic carbocycles. The van der Waals surface area contributed by atoms with Crippen LogP contribution in [0.5, 0.6) is 0 Å². The van der Waals surface area contributed by atoms with Gasteiger partial charge in [-0.05, 0) is 38.9 Å². The maximum atomic E-state index is 4.31. The molecule has 1 N–H and O–H groups in total. The molecule has 16 heavy (non-hydrogen) atoms. The fourth-order valence-corrected chi connectivity index (χ4v) is 1.29. The Morgan fingerprint density at radius 1 is 1.19 bits per heavy atom. The molecule has 0 atom stereocenters. The van der Waals surface area contributed by atoms with E-state index in [9.17, 15) is 0 Å². The lowest BCUT2D eigenvalue weighted by molar-refractivity contribution is 0.148. The van der Waals surface area contributed by atoms with Crippen LogP contribution >= 0.6 is 15.9 Å². The van der Waals surface area contributed by atoms with Gasteiger partial charge in [0.05, 0.1) is 0 Å². The van der Waals surface area contributed by atoms with Crippen LogP contribution in [-0.2, 0) is 0 Å². The molecule has 0 amide bonds. The second-order valence-electron chi connectivity index (χ2n) is 5.85. The average molecular weight is 285 g/mol. The van der Waals surface area contributed by atoms with Crippen LogP contribution in [0.2, 0.25) is 0 Å². The van der Waals surface area contributed by atoms with Crippen LogP contribution in [0.3, 0.4) is 0 Å². The molecule has 1 rings (SSSR count). The third-order valence-electron chi connectivity index (χ3n) is 3.47. The van der Waals surface area contributed by atoms with Crippen molar-refractivity contribution in [2.24, 2.45) is 10.8 Å². The van der Waals surface area contributed by atoms with Gasteiger partial charge in [0.25, 0.3) is 0 Å². The number of anilines is 1. The maximum Gasteiger partial charge on any atom is 0.125 e.